The van der Waals surface area contributed by atoms with Gasteiger partial charge in [-0.25, -0.2) is 0 Å². The lowest BCUT2D eigenvalue weighted by Crippen LogP contribution is -2.13. The summed E-state index contributed by atoms with van der Waals surface area (Å²) >= 11 is 0. The minimum absolute atomic E-state index is 0.420. The van der Waals surface area contributed by atoms with Crippen LogP contribution in [0.3, 0.4) is 0 Å². The molecule has 11 aromatic rings. The summed E-state index contributed by atoms with van der Waals surface area (Å²) in [6, 6.07) is 57.9. The lowest BCUT2D eigenvalue weighted by atomic mass is 9.98. The Bertz CT molecular complexity index is 3640. The molecule has 9 aromatic carbocycles. The molecule has 0 aliphatic rings. The topological polar surface area (TPSA) is 32.8 Å². The number of rotatable bonds is 8. The van der Waals surface area contributed by atoms with Crippen LogP contribution in [-0.4, -0.2) is 0 Å². The average Bonchev–Trinajstić information content (AvgIpc) is 3.84. The van der Waals surface area contributed by atoms with Crippen LogP contribution in [0.25, 0.3) is 65.4 Å². The molecule has 0 spiro atoms. The molecule has 0 saturated heterocycles. The van der Waals surface area contributed by atoms with Gasteiger partial charge in [0, 0.05) is 50.3 Å². The molecular weight excluding hydrogens is 781 g/mol. The second-order valence-electron chi connectivity index (χ2n) is 18.4. The number of benzene rings is 9. The number of nitrogens with zero attached hydrogens (tertiary/aromatic N) is 2. The van der Waals surface area contributed by atoms with Crippen molar-refractivity contribution >= 4 is 99.5 Å². The molecule has 2 heterocycles. The first-order valence-electron chi connectivity index (χ1n) is 22.6. The average molecular weight is 833 g/mol. The van der Waals surface area contributed by atoms with E-state index in [9.17, 15) is 0 Å². The van der Waals surface area contributed by atoms with E-state index in [1.54, 1.807) is 0 Å². The van der Waals surface area contributed by atoms with E-state index in [-0.39, 0.29) is 0 Å². The number of hydrogen-bond acceptors (Lipinski definition) is 4. The lowest BCUT2D eigenvalue weighted by Gasteiger charge is -2.29. The van der Waals surface area contributed by atoms with E-state index in [1.807, 2.05) is 0 Å². The van der Waals surface area contributed by atoms with Crippen molar-refractivity contribution in [2.24, 2.45) is 0 Å². The van der Waals surface area contributed by atoms with Crippen molar-refractivity contribution in [2.45, 2.75) is 67.2 Å². The van der Waals surface area contributed by atoms with E-state index in [1.165, 1.54) is 61.5 Å². The molecule has 0 radical (unpaired) electrons. The molecule has 4 nitrogen and oxygen atoms in total. The lowest BCUT2D eigenvalue weighted by molar-refractivity contribution is 0.663. The number of aryl methyl sites for hydroxylation is 4. The van der Waals surface area contributed by atoms with Crippen LogP contribution in [0, 0.1) is 27.7 Å². The van der Waals surface area contributed by atoms with Crippen molar-refractivity contribution in [3.05, 3.63) is 191 Å². The molecule has 0 amide bonds. The van der Waals surface area contributed by atoms with Gasteiger partial charge in [-0.05, 0) is 179 Å². The van der Waals surface area contributed by atoms with Gasteiger partial charge in [-0.2, -0.15) is 0 Å². The van der Waals surface area contributed by atoms with Crippen LogP contribution in [0.5, 0.6) is 0 Å². The van der Waals surface area contributed by atoms with Crippen LogP contribution in [0.1, 0.15) is 72.9 Å². The zero-order valence-corrected chi connectivity index (χ0v) is 37.9. The summed E-state index contributed by atoms with van der Waals surface area (Å²) in [4.78, 5) is 4.83. The van der Waals surface area contributed by atoms with E-state index in [0.29, 0.717) is 11.8 Å². The molecule has 0 saturated carbocycles. The second kappa shape index (κ2) is 15.2. The maximum absolute atomic E-state index is 6.92. The van der Waals surface area contributed by atoms with Crippen LogP contribution in [-0.2, 0) is 0 Å². The summed E-state index contributed by atoms with van der Waals surface area (Å²) < 4.78 is 13.6. The molecular formula is C60H52N2O2. The first kappa shape index (κ1) is 39.5. The van der Waals surface area contributed by atoms with Gasteiger partial charge in [-0.3, -0.25) is 0 Å². The fraction of sp³-hybridized carbons (Fsp3) is 0.167. The Labute approximate surface area is 375 Å². The molecule has 0 atom stereocenters. The van der Waals surface area contributed by atoms with Gasteiger partial charge in [0.05, 0.1) is 5.39 Å². The van der Waals surface area contributed by atoms with Crippen LogP contribution in [0.4, 0.5) is 34.1 Å². The fourth-order valence-electron chi connectivity index (χ4n) is 9.73. The Morgan fingerprint density at radius 3 is 1.36 bits per heavy atom. The van der Waals surface area contributed by atoms with Gasteiger partial charge in [0.15, 0.2) is 0 Å². The Morgan fingerprint density at radius 1 is 0.359 bits per heavy atom. The quantitative estimate of drug-likeness (QED) is 0.153. The summed E-state index contributed by atoms with van der Waals surface area (Å²) in [6.07, 6.45) is 0. The molecule has 0 unspecified atom stereocenters. The number of fused-ring (bicyclic) bond motifs is 9. The predicted molar refractivity (Wildman–Crippen MR) is 273 cm³/mol. The molecule has 314 valence electrons. The van der Waals surface area contributed by atoms with Crippen LogP contribution >= 0.6 is 0 Å². The Balaban J connectivity index is 1.04. The minimum Gasteiger partial charge on any atom is -0.456 e. The van der Waals surface area contributed by atoms with Gasteiger partial charge in [-0.15, -0.1) is 0 Å². The largest absolute Gasteiger partial charge is 0.456 e. The number of para-hydroxylation sites is 2. The van der Waals surface area contributed by atoms with Crippen LogP contribution in [0.15, 0.2) is 167 Å². The first-order valence-corrected chi connectivity index (χ1v) is 22.6. The van der Waals surface area contributed by atoms with Crippen LogP contribution in [0.2, 0.25) is 0 Å². The first-order chi connectivity index (χ1) is 31.0. The number of furan rings is 2. The SMILES string of the molecule is Cc1ccccc1N(c1ccc2cc3c(cc2c1)oc1c3ccc2oc3cc4cc(N(c5ccccc5C)c5cc(C(C)C)ccc5C)ccc4cc3c21)c1cc(C(C)C)ccc1C. The zero-order chi connectivity index (χ0) is 44.0. The highest BCUT2D eigenvalue weighted by atomic mass is 16.3. The van der Waals surface area contributed by atoms with Gasteiger partial charge in [0.1, 0.15) is 22.3 Å². The van der Waals surface area contributed by atoms with E-state index < -0.39 is 0 Å². The van der Waals surface area contributed by atoms with Gasteiger partial charge < -0.3 is 18.6 Å². The number of hydrogen-bond donors (Lipinski definition) is 0. The highest BCUT2D eigenvalue weighted by Gasteiger charge is 2.22. The second-order valence-corrected chi connectivity index (χ2v) is 18.4. The van der Waals surface area contributed by atoms with Crippen LogP contribution < -0.4 is 9.80 Å². The molecule has 2 aromatic heterocycles. The molecule has 0 aliphatic carbocycles. The van der Waals surface area contributed by atoms with Gasteiger partial charge in [0.2, 0.25) is 0 Å². The molecule has 11 rings (SSSR count). The zero-order valence-electron chi connectivity index (χ0n) is 37.9. The van der Waals surface area contributed by atoms with Crippen molar-refractivity contribution in [2.75, 3.05) is 9.80 Å². The third-order valence-electron chi connectivity index (χ3n) is 13.5. The van der Waals surface area contributed by atoms with Crippen molar-refractivity contribution < 1.29 is 8.83 Å². The van der Waals surface area contributed by atoms with Crippen molar-refractivity contribution in [3.63, 3.8) is 0 Å². The highest BCUT2D eigenvalue weighted by Crippen LogP contribution is 2.46. The normalized spacial score (nSPS) is 12.0. The third-order valence-corrected chi connectivity index (χ3v) is 13.5. The number of anilines is 6. The highest BCUT2D eigenvalue weighted by molar-refractivity contribution is 6.24. The summed E-state index contributed by atoms with van der Waals surface area (Å²) in [7, 11) is 0. The van der Waals surface area contributed by atoms with E-state index >= 15 is 0 Å². The predicted octanol–water partition coefficient (Wildman–Crippen LogP) is 18.2. The monoisotopic (exact) mass is 832 g/mol. The third kappa shape index (κ3) is 6.51. The van der Waals surface area contributed by atoms with E-state index in [2.05, 4.69) is 223 Å². The van der Waals surface area contributed by atoms with E-state index in [0.717, 1.165) is 71.4 Å². The fourth-order valence-corrected chi connectivity index (χ4v) is 9.73. The Morgan fingerprint density at radius 2 is 0.844 bits per heavy atom. The molecule has 0 bridgehead atoms. The standard InChI is InChI=1S/C60H52N2O2/c1-35(2)41-19-17-39(7)54(31-41)61(52-15-11-9-13-37(52)5)47-23-21-43-29-50-49-25-26-56-59(60(49)64-57(50)33-45(43)27-47)51-30-44-22-24-48(28-46(44)34-58(51)63-56)62(53-16-12-10-14-38(53)6)55-32-42(36(3)4)20-18-40(55)8/h9-36H,1-8H3. The molecule has 64 heavy (non-hydrogen) atoms. The van der Waals surface area contributed by atoms with Gasteiger partial charge in [0.25, 0.3) is 0 Å². The van der Waals surface area contributed by atoms with Crippen molar-refractivity contribution in [3.8, 4) is 0 Å². The molecule has 0 fully saturated rings. The van der Waals surface area contributed by atoms with Crippen molar-refractivity contribution in [1.82, 2.24) is 0 Å². The summed E-state index contributed by atoms with van der Waals surface area (Å²) in [5, 5.41) is 8.80. The van der Waals surface area contributed by atoms with Crippen molar-refractivity contribution in [1.29, 1.82) is 0 Å². The summed E-state index contributed by atoms with van der Waals surface area (Å²) in [5.41, 5.74) is 17.9. The smallest absolute Gasteiger partial charge is 0.147 e. The maximum Gasteiger partial charge on any atom is 0.147 e. The van der Waals surface area contributed by atoms with Gasteiger partial charge in [-0.1, -0.05) is 100 Å². The Kier molecular flexibility index (Phi) is 9.39. The van der Waals surface area contributed by atoms with E-state index in [4.69, 9.17) is 8.83 Å². The maximum atomic E-state index is 6.92. The summed E-state index contributed by atoms with van der Waals surface area (Å²) in [5.74, 6) is 0.841. The van der Waals surface area contributed by atoms with Gasteiger partial charge >= 0.3 is 0 Å². The Hall–Kier alpha value is -7.30. The summed E-state index contributed by atoms with van der Waals surface area (Å²) in [6.45, 7) is 17.8. The molecule has 4 heteroatoms. The minimum atomic E-state index is 0.420. The molecule has 0 N–H and O–H groups in total. The molecule has 0 aliphatic heterocycles.